The highest BCUT2D eigenvalue weighted by Crippen LogP contribution is 2.22. The van der Waals surface area contributed by atoms with E-state index in [1.807, 2.05) is 12.1 Å². The third kappa shape index (κ3) is 3.32. The first kappa shape index (κ1) is 11.5. The van der Waals surface area contributed by atoms with Crippen molar-refractivity contribution in [3.63, 3.8) is 0 Å². The minimum absolute atomic E-state index is 0.493. The highest BCUT2D eigenvalue weighted by atomic mass is 35.5. The molecule has 0 saturated heterocycles. The number of hydrogen-bond donors (Lipinski definition) is 1. The molecule has 0 spiro atoms. The molecule has 0 bridgehead atoms. The molecule has 0 amide bonds. The average Bonchev–Trinajstić information content (AvgIpc) is 2.21. The van der Waals surface area contributed by atoms with Gasteiger partial charge in [-0.1, -0.05) is 43.5 Å². The molecule has 0 saturated carbocycles. The fraction of sp³-hybridized carbons (Fsp3) is 0.500. The van der Waals surface area contributed by atoms with Gasteiger partial charge in [-0.2, -0.15) is 0 Å². The van der Waals surface area contributed by atoms with Crippen molar-refractivity contribution in [2.24, 2.45) is 5.73 Å². The second-order valence-corrected chi connectivity index (χ2v) is 4.06. The average molecular weight is 212 g/mol. The van der Waals surface area contributed by atoms with Crippen LogP contribution in [0, 0.1) is 0 Å². The maximum atomic E-state index is 5.83. The molecule has 14 heavy (non-hydrogen) atoms. The predicted molar refractivity (Wildman–Crippen MR) is 62.8 cm³/mol. The second kappa shape index (κ2) is 6.05. The van der Waals surface area contributed by atoms with Gasteiger partial charge in [0.15, 0.2) is 0 Å². The molecule has 1 rings (SSSR count). The molecule has 1 atom stereocenters. The molecule has 2 heteroatoms. The molecule has 0 heterocycles. The Morgan fingerprint density at radius 2 is 1.93 bits per heavy atom. The van der Waals surface area contributed by atoms with Crippen molar-refractivity contribution in [2.45, 2.75) is 32.1 Å². The molecule has 0 aliphatic heterocycles. The number of halogens is 1. The van der Waals surface area contributed by atoms with Crippen LogP contribution >= 0.6 is 11.6 Å². The van der Waals surface area contributed by atoms with Crippen molar-refractivity contribution < 1.29 is 0 Å². The first-order valence-electron chi connectivity index (χ1n) is 5.23. The maximum Gasteiger partial charge on any atom is 0.0406 e. The van der Waals surface area contributed by atoms with Crippen LogP contribution in [0.3, 0.4) is 0 Å². The summed E-state index contributed by atoms with van der Waals surface area (Å²) in [5, 5.41) is 0.792. The minimum Gasteiger partial charge on any atom is -0.330 e. The van der Waals surface area contributed by atoms with Crippen molar-refractivity contribution in [3.05, 3.63) is 34.9 Å². The molecule has 0 aliphatic carbocycles. The Labute approximate surface area is 91.3 Å². The van der Waals surface area contributed by atoms with Crippen LogP contribution in [0.1, 0.15) is 37.7 Å². The summed E-state index contributed by atoms with van der Waals surface area (Å²) in [6.07, 6.45) is 3.64. The van der Waals surface area contributed by atoms with Gasteiger partial charge in [0.1, 0.15) is 0 Å². The molecule has 0 radical (unpaired) electrons. The summed E-state index contributed by atoms with van der Waals surface area (Å²) in [6, 6.07) is 8.03. The molecule has 78 valence electrons. The van der Waals surface area contributed by atoms with Gasteiger partial charge in [-0.05, 0) is 36.6 Å². The van der Waals surface area contributed by atoms with Crippen LogP contribution in [-0.4, -0.2) is 6.54 Å². The van der Waals surface area contributed by atoms with E-state index in [9.17, 15) is 0 Å². The van der Waals surface area contributed by atoms with E-state index in [1.54, 1.807) is 0 Å². The summed E-state index contributed by atoms with van der Waals surface area (Å²) in [5.41, 5.74) is 7.06. The normalized spacial score (nSPS) is 12.8. The van der Waals surface area contributed by atoms with E-state index in [0.29, 0.717) is 5.92 Å². The standard InChI is InChI=1S/C12H18ClN/c1-2-3-4-11(9-14)10-5-7-12(13)8-6-10/h5-8,11H,2-4,9,14H2,1H3. The lowest BCUT2D eigenvalue weighted by Crippen LogP contribution is -2.12. The van der Waals surface area contributed by atoms with Gasteiger partial charge in [0.05, 0.1) is 0 Å². The first-order valence-corrected chi connectivity index (χ1v) is 5.61. The van der Waals surface area contributed by atoms with Gasteiger partial charge >= 0.3 is 0 Å². The first-order chi connectivity index (χ1) is 6.77. The third-order valence-electron chi connectivity index (χ3n) is 2.53. The smallest absolute Gasteiger partial charge is 0.0406 e. The highest BCUT2D eigenvalue weighted by Gasteiger charge is 2.08. The number of unbranched alkanes of at least 4 members (excludes halogenated alkanes) is 1. The molecule has 1 aromatic carbocycles. The molecule has 0 fully saturated rings. The number of rotatable bonds is 5. The van der Waals surface area contributed by atoms with Crippen LogP contribution in [0.2, 0.25) is 5.02 Å². The van der Waals surface area contributed by atoms with Crippen LogP contribution < -0.4 is 5.73 Å². The van der Waals surface area contributed by atoms with Gasteiger partial charge in [0.2, 0.25) is 0 Å². The zero-order valence-corrected chi connectivity index (χ0v) is 9.43. The summed E-state index contributed by atoms with van der Waals surface area (Å²) >= 11 is 5.83. The third-order valence-corrected chi connectivity index (χ3v) is 2.78. The zero-order valence-electron chi connectivity index (χ0n) is 8.67. The summed E-state index contributed by atoms with van der Waals surface area (Å²) in [7, 11) is 0. The van der Waals surface area contributed by atoms with Gasteiger partial charge in [-0.3, -0.25) is 0 Å². The van der Waals surface area contributed by atoms with Gasteiger partial charge in [0.25, 0.3) is 0 Å². The van der Waals surface area contributed by atoms with E-state index in [0.717, 1.165) is 11.6 Å². The summed E-state index contributed by atoms with van der Waals surface area (Å²) < 4.78 is 0. The van der Waals surface area contributed by atoms with Gasteiger partial charge in [-0.25, -0.2) is 0 Å². The molecule has 1 unspecified atom stereocenters. The Hall–Kier alpha value is -0.530. The summed E-state index contributed by atoms with van der Waals surface area (Å²) in [5.74, 6) is 0.493. The van der Waals surface area contributed by atoms with E-state index < -0.39 is 0 Å². The van der Waals surface area contributed by atoms with Crippen LogP contribution in [0.15, 0.2) is 24.3 Å². The zero-order chi connectivity index (χ0) is 10.4. The SMILES string of the molecule is CCCCC(CN)c1ccc(Cl)cc1. The van der Waals surface area contributed by atoms with E-state index in [2.05, 4.69) is 19.1 Å². The molecule has 1 aromatic rings. The van der Waals surface area contributed by atoms with E-state index in [1.165, 1.54) is 24.8 Å². The van der Waals surface area contributed by atoms with E-state index >= 15 is 0 Å². The monoisotopic (exact) mass is 211 g/mol. The van der Waals surface area contributed by atoms with Crippen molar-refractivity contribution in [1.82, 2.24) is 0 Å². The number of benzene rings is 1. The lowest BCUT2D eigenvalue weighted by molar-refractivity contribution is 0.592. The van der Waals surface area contributed by atoms with Crippen LogP contribution in [0.4, 0.5) is 0 Å². The molecular weight excluding hydrogens is 194 g/mol. The molecule has 0 aliphatic rings. The molecule has 1 nitrogen and oxygen atoms in total. The quantitative estimate of drug-likeness (QED) is 0.792. The van der Waals surface area contributed by atoms with Gasteiger partial charge < -0.3 is 5.73 Å². The Morgan fingerprint density at radius 3 is 2.43 bits per heavy atom. The van der Waals surface area contributed by atoms with Crippen LogP contribution in [0.25, 0.3) is 0 Å². The second-order valence-electron chi connectivity index (χ2n) is 3.63. The van der Waals surface area contributed by atoms with Gasteiger partial charge in [-0.15, -0.1) is 0 Å². The van der Waals surface area contributed by atoms with Crippen molar-refractivity contribution in [2.75, 3.05) is 6.54 Å². The number of nitrogens with two attached hydrogens (primary N) is 1. The largest absolute Gasteiger partial charge is 0.330 e. The summed E-state index contributed by atoms with van der Waals surface area (Å²) in [6.45, 7) is 2.93. The molecular formula is C12H18ClN. The van der Waals surface area contributed by atoms with Gasteiger partial charge in [0, 0.05) is 5.02 Å². The topological polar surface area (TPSA) is 26.0 Å². The van der Waals surface area contributed by atoms with E-state index in [-0.39, 0.29) is 0 Å². The van der Waals surface area contributed by atoms with Crippen LogP contribution in [-0.2, 0) is 0 Å². The van der Waals surface area contributed by atoms with Crippen molar-refractivity contribution >= 4 is 11.6 Å². The van der Waals surface area contributed by atoms with Crippen molar-refractivity contribution in [1.29, 1.82) is 0 Å². The Morgan fingerprint density at radius 1 is 1.29 bits per heavy atom. The Bertz CT molecular complexity index is 256. The Balaban J connectivity index is 2.64. The number of hydrogen-bond acceptors (Lipinski definition) is 1. The lowest BCUT2D eigenvalue weighted by atomic mass is 9.94. The highest BCUT2D eigenvalue weighted by molar-refractivity contribution is 6.30. The minimum atomic E-state index is 0.493. The maximum absolute atomic E-state index is 5.83. The summed E-state index contributed by atoms with van der Waals surface area (Å²) in [4.78, 5) is 0. The van der Waals surface area contributed by atoms with Crippen LogP contribution in [0.5, 0.6) is 0 Å². The fourth-order valence-corrected chi connectivity index (χ4v) is 1.73. The molecule has 0 aromatic heterocycles. The lowest BCUT2D eigenvalue weighted by Gasteiger charge is -2.14. The Kier molecular flexibility index (Phi) is 4.99. The molecule has 2 N–H and O–H groups in total. The van der Waals surface area contributed by atoms with E-state index in [4.69, 9.17) is 17.3 Å². The predicted octanol–water partition coefficient (Wildman–Crippen LogP) is 3.57. The fourth-order valence-electron chi connectivity index (χ4n) is 1.61. The van der Waals surface area contributed by atoms with Crippen molar-refractivity contribution in [3.8, 4) is 0 Å².